The van der Waals surface area contributed by atoms with Crippen molar-refractivity contribution in [1.29, 1.82) is 0 Å². The number of rotatable bonds is 8. The van der Waals surface area contributed by atoms with Gasteiger partial charge in [-0.2, -0.15) is 4.31 Å². The molecule has 7 nitrogen and oxygen atoms in total. The van der Waals surface area contributed by atoms with Gasteiger partial charge in [-0.05, 0) is 26.0 Å². The second kappa shape index (κ2) is 8.52. The molecule has 1 aromatic heterocycles. The van der Waals surface area contributed by atoms with Crippen LogP contribution in [0.3, 0.4) is 0 Å². The molecule has 0 bridgehead atoms. The third-order valence-electron chi connectivity index (χ3n) is 3.39. The maximum Gasteiger partial charge on any atom is 0.243 e. The number of nitrogens with zero attached hydrogens (tertiary/aromatic N) is 2. The highest BCUT2D eigenvalue weighted by Gasteiger charge is 2.26. The molecular weight excluding hydrogens is 362 g/mol. The molecule has 1 aromatic carbocycles. The lowest BCUT2D eigenvalue weighted by Crippen LogP contribution is -2.39. The number of carbonyl (C=O) groups excluding carboxylic acids is 1. The van der Waals surface area contributed by atoms with Crippen LogP contribution in [0.2, 0.25) is 0 Å². The number of thiazole rings is 1. The van der Waals surface area contributed by atoms with E-state index in [1.165, 1.54) is 30.6 Å². The van der Waals surface area contributed by atoms with Gasteiger partial charge < -0.3 is 10.1 Å². The monoisotopic (exact) mass is 383 g/mol. The Morgan fingerprint density at radius 3 is 2.52 bits per heavy atom. The van der Waals surface area contributed by atoms with E-state index in [1.54, 1.807) is 18.3 Å². The van der Waals surface area contributed by atoms with Crippen LogP contribution in [-0.2, 0) is 19.6 Å². The highest BCUT2D eigenvalue weighted by atomic mass is 32.2. The van der Waals surface area contributed by atoms with Crippen LogP contribution in [0.25, 0.3) is 0 Å². The van der Waals surface area contributed by atoms with Gasteiger partial charge in [0.25, 0.3) is 0 Å². The average molecular weight is 383 g/mol. The highest BCUT2D eigenvalue weighted by molar-refractivity contribution is 7.89. The summed E-state index contributed by atoms with van der Waals surface area (Å²) in [5.74, 6) is -0.443. The van der Waals surface area contributed by atoms with E-state index in [4.69, 9.17) is 4.74 Å². The van der Waals surface area contributed by atoms with Crippen LogP contribution in [0.15, 0.2) is 35.4 Å². The van der Waals surface area contributed by atoms with Crippen molar-refractivity contribution < 1.29 is 17.9 Å². The van der Waals surface area contributed by atoms with Gasteiger partial charge in [0.2, 0.25) is 15.9 Å². The molecule has 1 amide bonds. The van der Waals surface area contributed by atoms with Crippen molar-refractivity contribution in [3.8, 4) is 0 Å². The fraction of sp³-hybridized carbons (Fsp3) is 0.375. The fourth-order valence-corrected chi connectivity index (χ4v) is 4.13. The van der Waals surface area contributed by atoms with Crippen LogP contribution >= 0.6 is 11.3 Å². The molecule has 1 heterocycles. The van der Waals surface area contributed by atoms with Gasteiger partial charge in [-0.1, -0.05) is 17.7 Å². The van der Waals surface area contributed by atoms with E-state index in [2.05, 4.69) is 10.3 Å². The minimum Gasteiger partial charge on any atom is -0.383 e. The Morgan fingerprint density at radius 1 is 1.28 bits per heavy atom. The van der Waals surface area contributed by atoms with Gasteiger partial charge in [-0.15, -0.1) is 11.3 Å². The van der Waals surface area contributed by atoms with Crippen LogP contribution in [-0.4, -0.2) is 50.4 Å². The quantitative estimate of drug-likeness (QED) is 0.753. The zero-order chi connectivity index (χ0) is 18.4. The fourth-order valence-electron chi connectivity index (χ4n) is 2.07. The second-order valence-corrected chi connectivity index (χ2v) is 8.64. The first-order valence-corrected chi connectivity index (χ1v) is 9.86. The lowest BCUT2D eigenvalue weighted by Gasteiger charge is -2.21. The molecule has 0 aliphatic carbocycles. The molecule has 0 aliphatic heterocycles. The number of sulfonamides is 1. The second-order valence-electron chi connectivity index (χ2n) is 5.47. The number of amides is 1. The van der Waals surface area contributed by atoms with Crippen molar-refractivity contribution in [3.05, 3.63) is 40.9 Å². The van der Waals surface area contributed by atoms with Gasteiger partial charge in [0.1, 0.15) is 0 Å². The lowest BCUT2D eigenvalue weighted by atomic mass is 10.2. The molecule has 0 saturated carbocycles. The maximum absolute atomic E-state index is 12.8. The van der Waals surface area contributed by atoms with Crippen molar-refractivity contribution in [2.24, 2.45) is 0 Å². The van der Waals surface area contributed by atoms with E-state index < -0.39 is 15.9 Å². The molecule has 0 atom stereocenters. The summed E-state index contributed by atoms with van der Waals surface area (Å²) in [6.45, 7) is 3.71. The number of carbonyl (C=O) groups is 1. The molecule has 9 heteroatoms. The van der Waals surface area contributed by atoms with E-state index in [-0.39, 0.29) is 24.6 Å². The van der Waals surface area contributed by atoms with Gasteiger partial charge >= 0.3 is 0 Å². The zero-order valence-electron chi connectivity index (χ0n) is 14.4. The average Bonchev–Trinajstić information content (AvgIpc) is 2.96. The Balaban J connectivity index is 2.16. The van der Waals surface area contributed by atoms with Gasteiger partial charge in [-0.25, -0.2) is 13.4 Å². The normalized spacial score (nSPS) is 11.7. The van der Waals surface area contributed by atoms with Crippen LogP contribution in [0, 0.1) is 13.8 Å². The minimum absolute atomic E-state index is 0.0804. The summed E-state index contributed by atoms with van der Waals surface area (Å²) < 4.78 is 31.7. The van der Waals surface area contributed by atoms with Gasteiger partial charge in [0.15, 0.2) is 5.13 Å². The van der Waals surface area contributed by atoms with Gasteiger partial charge in [-0.3, -0.25) is 4.79 Å². The maximum atomic E-state index is 12.8. The molecular formula is C16H21N3O4S2. The molecule has 2 aromatic rings. The molecule has 25 heavy (non-hydrogen) atoms. The standard InChI is InChI=1S/C16H21N3O4S2/c1-12-4-6-14(7-5-12)25(21,22)19(8-9-23-3)11-15(20)18-16-17-10-13(2)24-16/h4-7,10H,8-9,11H2,1-3H3,(H,17,18,20). The van der Waals surface area contributed by atoms with E-state index in [9.17, 15) is 13.2 Å². The predicted octanol–water partition coefficient (Wildman–Crippen LogP) is 2.04. The van der Waals surface area contributed by atoms with Crippen molar-refractivity contribution >= 4 is 32.4 Å². The lowest BCUT2D eigenvalue weighted by molar-refractivity contribution is -0.116. The highest BCUT2D eigenvalue weighted by Crippen LogP contribution is 2.18. The van der Waals surface area contributed by atoms with E-state index >= 15 is 0 Å². The number of hydrogen-bond acceptors (Lipinski definition) is 6. The molecule has 136 valence electrons. The number of benzene rings is 1. The predicted molar refractivity (Wildman–Crippen MR) is 97.3 cm³/mol. The van der Waals surface area contributed by atoms with Crippen molar-refractivity contribution in [3.63, 3.8) is 0 Å². The molecule has 0 fully saturated rings. The van der Waals surface area contributed by atoms with Crippen LogP contribution < -0.4 is 5.32 Å². The third kappa shape index (κ3) is 5.33. The summed E-state index contributed by atoms with van der Waals surface area (Å²) in [5.41, 5.74) is 0.958. The summed E-state index contributed by atoms with van der Waals surface area (Å²) in [6, 6.07) is 6.51. The van der Waals surface area contributed by atoms with Crippen molar-refractivity contribution in [2.45, 2.75) is 18.7 Å². The number of aryl methyl sites for hydroxylation is 2. The molecule has 0 spiro atoms. The van der Waals surface area contributed by atoms with Crippen LogP contribution in [0.4, 0.5) is 5.13 Å². The molecule has 2 rings (SSSR count). The molecule has 1 N–H and O–H groups in total. The topological polar surface area (TPSA) is 88.6 Å². The number of nitrogens with one attached hydrogen (secondary N) is 1. The Hall–Kier alpha value is -1.81. The van der Waals surface area contributed by atoms with Crippen LogP contribution in [0.5, 0.6) is 0 Å². The largest absolute Gasteiger partial charge is 0.383 e. The Kier molecular flexibility index (Phi) is 6.65. The SMILES string of the molecule is COCCN(CC(=O)Nc1ncc(C)s1)S(=O)(=O)c1ccc(C)cc1. The Morgan fingerprint density at radius 2 is 1.96 bits per heavy atom. The van der Waals surface area contributed by atoms with Gasteiger partial charge in [0, 0.05) is 24.7 Å². The first-order valence-electron chi connectivity index (χ1n) is 7.61. The molecule has 0 aliphatic rings. The number of hydrogen-bond donors (Lipinski definition) is 1. The van der Waals surface area contributed by atoms with E-state index in [1.807, 2.05) is 13.8 Å². The number of anilines is 1. The number of methoxy groups -OCH3 is 1. The third-order valence-corrected chi connectivity index (χ3v) is 6.08. The minimum atomic E-state index is -3.80. The summed E-state index contributed by atoms with van der Waals surface area (Å²) in [4.78, 5) is 17.4. The van der Waals surface area contributed by atoms with Crippen LogP contribution in [0.1, 0.15) is 10.4 Å². The Bertz CT molecular complexity index is 816. The number of aromatic nitrogens is 1. The first-order chi connectivity index (χ1) is 11.8. The zero-order valence-corrected chi connectivity index (χ0v) is 16.0. The smallest absolute Gasteiger partial charge is 0.243 e. The van der Waals surface area contributed by atoms with Crippen molar-refractivity contribution in [1.82, 2.24) is 9.29 Å². The van der Waals surface area contributed by atoms with E-state index in [0.717, 1.165) is 14.7 Å². The summed E-state index contributed by atoms with van der Waals surface area (Å²) >= 11 is 1.33. The molecule has 0 unspecified atom stereocenters. The van der Waals surface area contributed by atoms with Crippen molar-refractivity contribution in [2.75, 3.05) is 32.1 Å². The summed E-state index contributed by atoms with van der Waals surface area (Å²) in [5, 5.41) is 3.07. The first kappa shape index (κ1) is 19.5. The summed E-state index contributed by atoms with van der Waals surface area (Å²) in [6.07, 6.45) is 1.64. The number of ether oxygens (including phenoxy) is 1. The molecule has 0 radical (unpaired) electrons. The Labute approximate surface area is 151 Å². The summed E-state index contributed by atoms with van der Waals surface area (Å²) in [7, 11) is -2.32. The molecule has 0 saturated heterocycles. The van der Waals surface area contributed by atoms with E-state index in [0.29, 0.717) is 5.13 Å². The van der Waals surface area contributed by atoms with Gasteiger partial charge in [0.05, 0.1) is 18.0 Å².